The van der Waals surface area contributed by atoms with Crippen molar-refractivity contribution in [3.8, 4) is 0 Å². The van der Waals surface area contributed by atoms with E-state index in [0.717, 1.165) is 0 Å². The van der Waals surface area contributed by atoms with Crippen LogP contribution in [0.15, 0.2) is 10.6 Å². The van der Waals surface area contributed by atoms with Crippen molar-refractivity contribution in [1.82, 2.24) is 15.8 Å². The number of nitrogens with zero attached hydrogens (tertiary/aromatic N) is 1. The Kier molecular flexibility index (Phi) is 5.36. The summed E-state index contributed by atoms with van der Waals surface area (Å²) in [4.78, 5) is 22.8. The minimum Gasteiger partial charge on any atom is -0.444 e. The first-order valence-corrected chi connectivity index (χ1v) is 6.21. The molecule has 0 saturated carbocycles. The van der Waals surface area contributed by atoms with Gasteiger partial charge in [-0.2, -0.15) is 0 Å². The fourth-order valence-electron chi connectivity index (χ4n) is 1.24. The minimum atomic E-state index is -0.542. The Bertz CT molecular complexity index is 464. The predicted molar refractivity (Wildman–Crippen MR) is 72.5 cm³/mol. The second kappa shape index (κ2) is 6.78. The van der Waals surface area contributed by atoms with Crippen LogP contribution in [0.25, 0.3) is 0 Å². The molecule has 8 nitrogen and oxygen atoms in total. The van der Waals surface area contributed by atoms with Crippen LogP contribution in [-0.4, -0.2) is 36.0 Å². The Morgan fingerprint density at radius 2 is 1.95 bits per heavy atom. The average molecular weight is 284 g/mol. The number of carbonyl (C=O) groups excluding carboxylic acids is 2. The van der Waals surface area contributed by atoms with E-state index in [2.05, 4.69) is 21.1 Å². The number of carbonyl (C=O) groups is 2. The highest BCUT2D eigenvalue weighted by Gasteiger charge is 2.15. The van der Waals surface area contributed by atoms with Crippen molar-refractivity contribution in [2.45, 2.75) is 33.3 Å². The molecule has 0 radical (unpaired) electrons. The van der Waals surface area contributed by atoms with Gasteiger partial charge < -0.3 is 19.9 Å². The second-order valence-corrected chi connectivity index (χ2v) is 5.13. The van der Waals surface area contributed by atoms with Crippen LogP contribution >= 0.6 is 0 Å². The lowest BCUT2D eigenvalue weighted by Crippen LogP contribution is -2.39. The highest BCUT2D eigenvalue weighted by atomic mass is 16.6. The molecule has 112 valence electrons. The van der Waals surface area contributed by atoms with Crippen LogP contribution in [0.5, 0.6) is 0 Å². The van der Waals surface area contributed by atoms with E-state index >= 15 is 0 Å². The topological polar surface area (TPSA) is 105 Å². The number of amides is 3. The first-order valence-electron chi connectivity index (χ1n) is 6.21. The number of ether oxygens (including phenoxy) is 1. The number of rotatable bonds is 4. The number of alkyl carbamates (subject to hydrolysis) is 1. The Hall–Kier alpha value is -2.25. The summed E-state index contributed by atoms with van der Waals surface area (Å²) in [6, 6.07) is 1.17. The highest BCUT2D eigenvalue weighted by Crippen LogP contribution is 2.06. The van der Waals surface area contributed by atoms with E-state index in [0.29, 0.717) is 11.6 Å². The average Bonchev–Trinajstić information content (AvgIpc) is 2.68. The number of urea groups is 1. The summed E-state index contributed by atoms with van der Waals surface area (Å²) in [7, 11) is 0. The van der Waals surface area contributed by atoms with Gasteiger partial charge in [0.1, 0.15) is 11.4 Å². The monoisotopic (exact) mass is 284 g/mol. The van der Waals surface area contributed by atoms with Crippen LogP contribution in [0, 0.1) is 6.92 Å². The highest BCUT2D eigenvalue weighted by molar-refractivity contribution is 5.88. The lowest BCUT2D eigenvalue weighted by Gasteiger charge is -2.19. The molecule has 3 amide bonds. The van der Waals surface area contributed by atoms with Crippen LogP contribution in [0.4, 0.5) is 15.4 Å². The molecule has 0 aliphatic heterocycles. The summed E-state index contributed by atoms with van der Waals surface area (Å²) >= 11 is 0. The molecule has 0 aliphatic rings. The lowest BCUT2D eigenvalue weighted by molar-refractivity contribution is 0.0528. The first kappa shape index (κ1) is 15.8. The summed E-state index contributed by atoms with van der Waals surface area (Å²) in [5.74, 6) is 0.937. The largest absolute Gasteiger partial charge is 0.444 e. The van der Waals surface area contributed by atoms with Gasteiger partial charge in [0.2, 0.25) is 0 Å². The van der Waals surface area contributed by atoms with Crippen molar-refractivity contribution >= 4 is 17.9 Å². The normalized spacial score (nSPS) is 10.8. The van der Waals surface area contributed by atoms with E-state index in [-0.39, 0.29) is 13.1 Å². The van der Waals surface area contributed by atoms with Gasteiger partial charge >= 0.3 is 12.1 Å². The summed E-state index contributed by atoms with van der Waals surface area (Å²) in [6.07, 6.45) is -0.521. The zero-order chi connectivity index (χ0) is 15.2. The van der Waals surface area contributed by atoms with Crippen molar-refractivity contribution in [2.75, 3.05) is 18.4 Å². The third kappa shape index (κ3) is 6.62. The molecule has 1 heterocycles. The smallest absolute Gasteiger partial charge is 0.407 e. The van der Waals surface area contributed by atoms with Crippen LogP contribution in [0.3, 0.4) is 0 Å². The molecule has 3 N–H and O–H groups in total. The molecular weight excluding hydrogens is 264 g/mol. The molecule has 0 bridgehead atoms. The van der Waals surface area contributed by atoms with Crippen LogP contribution in [0.1, 0.15) is 26.5 Å². The molecule has 0 saturated heterocycles. The Labute approximate surface area is 117 Å². The summed E-state index contributed by atoms with van der Waals surface area (Å²) < 4.78 is 9.85. The SMILES string of the molecule is Cc1cc(NC(=O)NCCNC(=O)OC(C)(C)C)no1. The van der Waals surface area contributed by atoms with E-state index < -0.39 is 17.7 Å². The molecule has 1 rings (SSSR count). The van der Waals surface area contributed by atoms with Gasteiger partial charge in [-0.3, -0.25) is 5.32 Å². The lowest BCUT2D eigenvalue weighted by atomic mass is 10.2. The van der Waals surface area contributed by atoms with Crippen LogP contribution in [0.2, 0.25) is 0 Å². The number of nitrogens with one attached hydrogen (secondary N) is 3. The molecule has 1 aromatic rings. The van der Waals surface area contributed by atoms with Gasteiger partial charge in [-0.25, -0.2) is 9.59 Å². The van der Waals surface area contributed by atoms with Crippen molar-refractivity contribution < 1.29 is 18.8 Å². The molecule has 0 unspecified atom stereocenters. The van der Waals surface area contributed by atoms with Gasteiger partial charge in [0.05, 0.1) is 0 Å². The zero-order valence-corrected chi connectivity index (χ0v) is 12.1. The van der Waals surface area contributed by atoms with Gasteiger partial charge in [-0.05, 0) is 27.7 Å². The van der Waals surface area contributed by atoms with E-state index in [9.17, 15) is 9.59 Å². The maximum atomic E-state index is 11.4. The standard InChI is InChI=1S/C12H20N4O4/c1-8-7-9(16-20-8)15-10(17)13-5-6-14-11(18)19-12(2,3)4/h7H,5-6H2,1-4H3,(H,14,18)(H2,13,15,16,17). The molecule has 0 aromatic carbocycles. The van der Waals surface area contributed by atoms with E-state index in [1.807, 2.05) is 0 Å². The molecule has 0 atom stereocenters. The third-order valence-corrected chi connectivity index (χ3v) is 1.95. The molecule has 1 aromatic heterocycles. The zero-order valence-electron chi connectivity index (χ0n) is 12.1. The maximum Gasteiger partial charge on any atom is 0.407 e. The van der Waals surface area contributed by atoms with Crippen molar-refractivity contribution in [2.24, 2.45) is 0 Å². The summed E-state index contributed by atoms with van der Waals surface area (Å²) in [5.41, 5.74) is -0.542. The minimum absolute atomic E-state index is 0.264. The van der Waals surface area contributed by atoms with Crippen LogP contribution in [-0.2, 0) is 4.74 Å². The van der Waals surface area contributed by atoms with E-state index in [1.54, 1.807) is 33.8 Å². The molecule has 8 heteroatoms. The number of aryl methyl sites for hydroxylation is 1. The number of aromatic nitrogens is 1. The van der Waals surface area contributed by atoms with E-state index in [1.165, 1.54) is 0 Å². The molecule has 20 heavy (non-hydrogen) atoms. The fourth-order valence-corrected chi connectivity index (χ4v) is 1.24. The summed E-state index contributed by atoms with van der Waals surface area (Å²) in [6.45, 7) is 7.58. The van der Waals surface area contributed by atoms with Gasteiger partial charge in [-0.15, -0.1) is 0 Å². The van der Waals surface area contributed by atoms with E-state index in [4.69, 9.17) is 9.26 Å². The van der Waals surface area contributed by atoms with Crippen molar-refractivity contribution in [3.05, 3.63) is 11.8 Å². The maximum absolute atomic E-state index is 11.4. The van der Waals surface area contributed by atoms with Gasteiger partial charge in [0.25, 0.3) is 0 Å². The fraction of sp³-hybridized carbons (Fsp3) is 0.583. The number of anilines is 1. The van der Waals surface area contributed by atoms with Gasteiger partial charge in [0, 0.05) is 19.2 Å². The van der Waals surface area contributed by atoms with Crippen molar-refractivity contribution in [3.63, 3.8) is 0 Å². The van der Waals surface area contributed by atoms with Crippen LogP contribution < -0.4 is 16.0 Å². The molecule has 0 aliphatic carbocycles. The predicted octanol–water partition coefficient (Wildman–Crippen LogP) is 1.63. The number of hydrogen-bond donors (Lipinski definition) is 3. The van der Waals surface area contributed by atoms with Gasteiger partial charge in [-0.1, -0.05) is 5.16 Å². The molecule has 0 spiro atoms. The Morgan fingerprint density at radius 1 is 1.30 bits per heavy atom. The quantitative estimate of drug-likeness (QED) is 0.729. The second-order valence-electron chi connectivity index (χ2n) is 5.13. The molecule has 0 fully saturated rings. The summed E-state index contributed by atoms with van der Waals surface area (Å²) in [5, 5.41) is 11.2. The number of hydrogen-bond acceptors (Lipinski definition) is 5. The first-order chi connectivity index (χ1) is 9.26. The third-order valence-electron chi connectivity index (χ3n) is 1.95. The van der Waals surface area contributed by atoms with Crippen molar-refractivity contribution in [1.29, 1.82) is 0 Å². The Balaban J connectivity index is 2.15. The van der Waals surface area contributed by atoms with Gasteiger partial charge in [0.15, 0.2) is 5.82 Å². The Morgan fingerprint density at radius 3 is 2.50 bits per heavy atom. The molecular formula is C12H20N4O4.